The van der Waals surface area contributed by atoms with E-state index in [4.69, 9.17) is 4.42 Å². The molecule has 11 aromatic rings. The van der Waals surface area contributed by atoms with Gasteiger partial charge in [0.15, 0.2) is 0 Å². The molecule has 0 saturated heterocycles. The monoisotopic (exact) mass is 790 g/mol. The second-order valence-corrected chi connectivity index (χ2v) is 16.3. The quantitative estimate of drug-likeness (QED) is 0.167. The summed E-state index contributed by atoms with van der Waals surface area (Å²) in [5.74, 6) is 0. The normalized spacial score (nSPS) is 14.5. The Kier molecular flexibility index (Phi) is 7.52. The summed E-state index contributed by atoms with van der Waals surface area (Å²) >= 11 is 0. The van der Waals surface area contributed by atoms with Gasteiger partial charge in [0.1, 0.15) is 11.2 Å². The van der Waals surface area contributed by atoms with Crippen molar-refractivity contribution in [2.24, 2.45) is 0 Å². The minimum absolute atomic E-state index is 0.675. The van der Waals surface area contributed by atoms with Gasteiger partial charge in [-0.1, -0.05) is 164 Å². The van der Waals surface area contributed by atoms with E-state index in [9.17, 15) is 0 Å². The number of para-hydroxylation sites is 4. The van der Waals surface area contributed by atoms with Crippen molar-refractivity contribution < 1.29 is 4.42 Å². The molecule has 3 heteroatoms. The van der Waals surface area contributed by atoms with Crippen LogP contribution in [0.5, 0.6) is 0 Å². The number of furan rings is 1. The maximum Gasteiger partial charge on any atom is 0.137 e. The van der Waals surface area contributed by atoms with E-state index in [1.54, 1.807) is 0 Å². The summed E-state index contributed by atoms with van der Waals surface area (Å²) in [6, 6.07) is 84.1. The van der Waals surface area contributed by atoms with Crippen LogP contribution in [0, 0.1) is 0 Å². The number of anilines is 6. The maximum atomic E-state index is 6.59. The van der Waals surface area contributed by atoms with Crippen molar-refractivity contribution in [2.45, 2.75) is 5.41 Å². The Bertz CT molecular complexity index is 3500. The first-order valence-corrected chi connectivity index (χ1v) is 21.4. The fourth-order valence-corrected chi connectivity index (χ4v) is 10.9. The molecule has 0 bridgehead atoms. The molecule has 0 amide bonds. The van der Waals surface area contributed by atoms with Crippen molar-refractivity contribution in [3.63, 3.8) is 0 Å². The van der Waals surface area contributed by atoms with Gasteiger partial charge in [-0.25, -0.2) is 0 Å². The van der Waals surface area contributed by atoms with Crippen LogP contribution in [-0.4, -0.2) is 0 Å². The maximum absolute atomic E-state index is 6.59. The van der Waals surface area contributed by atoms with E-state index >= 15 is 0 Å². The molecule has 2 aliphatic carbocycles. The molecule has 1 aromatic heterocycles. The molecule has 3 nitrogen and oxygen atoms in total. The number of fused-ring (bicyclic) bond motifs is 15. The third-order valence-corrected chi connectivity index (χ3v) is 13.2. The van der Waals surface area contributed by atoms with Crippen LogP contribution >= 0.6 is 0 Å². The third kappa shape index (κ3) is 4.76. The zero-order valence-corrected chi connectivity index (χ0v) is 33.7. The summed E-state index contributed by atoms with van der Waals surface area (Å²) in [5, 5.41) is 4.62. The van der Waals surface area contributed by atoms with Crippen molar-refractivity contribution in [1.82, 2.24) is 0 Å². The zero-order chi connectivity index (χ0) is 40.8. The molecule has 62 heavy (non-hydrogen) atoms. The Morgan fingerprint density at radius 1 is 0.339 bits per heavy atom. The summed E-state index contributed by atoms with van der Waals surface area (Å²) < 4.78 is 6.59. The van der Waals surface area contributed by atoms with Crippen molar-refractivity contribution in [1.29, 1.82) is 0 Å². The number of hydrogen-bond acceptors (Lipinski definition) is 3. The number of benzene rings is 10. The summed E-state index contributed by atoms with van der Waals surface area (Å²) in [4.78, 5) is 4.94. The first-order valence-electron chi connectivity index (χ1n) is 21.4. The van der Waals surface area contributed by atoms with Gasteiger partial charge in [-0.15, -0.1) is 0 Å². The topological polar surface area (TPSA) is 19.6 Å². The van der Waals surface area contributed by atoms with Gasteiger partial charge in [0.05, 0.1) is 27.9 Å². The molecule has 1 spiro atoms. The highest BCUT2D eigenvalue weighted by atomic mass is 16.3. The molecule has 0 radical (unpaired) electrons. The van der Waals surface area contributed by atoms with Crippen LogP contribution in [0.15, 0.2) is 235 Å². The number of nitrogens with zero attached hydrogens (tertiary/aromatic N) is 2. The van der Waals surface area contributed by atoms with Gasteiger partial charge in [0, 0.05) is 33.6 Å². The van der Waals surface area contributed by atoms with Gasteiger partial charge in [-0.2, -0.15) is 0 Å². The van der Waals surface area contributed by atoms with Gasteiger partial charge in [-0.3, -0.25) is 0 Å². The van der Waals surface area contributed by atoms with E-state index in [0.29, 0.717) is 0 Å². The van der Waals surface area contributed by atoms with E-state index in [2.05, 4.69) is 240 Å². The Morgan fingerprint density at radius 2 is 0.839 bits per heavy atom. The predicted molar refractivity (Wildman–Crippen MR) is 257 cm³/mol. The van der Waals surface area contributed by atoms with Crippen LogP contribution in [-0.2, 0) is 5.41 Å². The van der Waals surface area contributed by atoms with Gasteiger partial charge >= 0.3 is 0 Å². The molecular weight excluding hydrogens is 753 g/mol. The van der Waals surface area contributed by atoms with Crippen molar-refractivity contribution in [3.8, 4) is 22.3 Å². The molecule has 0 saturated carbocycles. The summed E-state index contributed by atoms with van der Waals surface area (Å²) in [5.41, 5.74) is 17.9. The lowest BCUT2D eigenvalue weighted by atomic mass is 9.69. The predicted octanol–water partition coefficient (Wildman–Crippen LogP) is 16.0. The van der Waals surface area contributed by atoms with Crippen LogP contribution < -0.4 is 9.80 Å². The first kappa shape index (κ1) is 34.7. The molecule has 1 atom stereocenters. The van der Waals surface area contributed by atoms with Crippen molar-refractivity contribution in [3.05, 3.63) is 253 Å². The van der Waals surface area contributed by atoms with Gasteiger partial charge in [0.25, 0.3) is 0 Å². The molecule has 1 heterocycles. The lowest BCUT2D eigenvalue weighted by molar-refractivity contribution is 0.669. The SMILES string of the molecule is c1ccc(N(c2ccccc2)c2cccc3c2-c2ccccc2C32c3ccccc3-c3c2c(N(c2ccccc2)c2cccc4oc5ccccc5c24)cc2ccccc32)cc1. The van der Waals surface area contributed by atoms with E-state index in [-0.39, 0.29) is 0 Å². The summed E-state index contributed by atoms with van der Waals surface area (Å²) in [7, 11) is 0. The number of hydrogen-bond donors (Lipinski definition) is 0. The van der Waals surface area contributed by atoms with Gasteiger partial charge in [0.2, 0.25) is 0 Å². The van der Waals surface area contributed by atoms with Crippen LogP contribution in [0.2, 0.25) is 0 Å². The van der Waals surface area contributed by atoms with Crippen LogP contribution in [0.1, 0.15) is 22.3 Å². The second kappa shape index (κ2) is 13.4. The van der Waals surface area contributed by atoms with Crippen molar-refractivity contribution in [2.75, 3.05) is 9.80 Å². The van der Waals surface area contributed by atoms with E-state index in [0.717, 1.165) is 56.1 Å². The van der Waals surface area contributed by atoms with Crippen molar-refractivity contribution >= 4 is 66.8 Å². The number of rotatable bonds is 6. The van der Waals surface area contributed by atoms with E-state index in [1.807, 2.05) is 0 Å². The summed E-state index contributed by atoms with van der Waals surface area (Å²) in [6.45, 7) is 0. The fraction of sp³-hybridized carbons (Fsp3) is 0.0169. The van der Waals surface area contributed by atoms with Crippen LogP contribution in [0.25, 0.3) is 55.0 Å². The molecular formula is C59H38N2O. The average molecular weight is 791 g/mol. The lowest BCUT2D eigenvalue weighted by Crippen LogP contribution is -2.28. The minimum Gasteiger partial charge on any atom is -0.456 e. The smallest absolute Gasteiger partial charge is 0.137 e. The Hall–Kier alpha value is -8.14. The highest BCUT2D eigenvalue weighted by Gasteiger charge is 2.54. The Balaban J connectivity index is 1.20. The lowest BCUT2D eigenvalue weighted by Gasteiger charge is -2.36. The highest BCUT2D eigenvalue weighted by molar-refractivity contribution is 6.16. The fourth-order valence-electron chi connectivity index (χ4n) is 10.9. The van der Waals surface area contributed by atoms with E-state index < -0.39 is 5.41 Å². The second-order valence-electron chi connectivity index (χ2n) is 16.3. The van der Waals surface area contributed by atoms with Gasteiger partial charge in [-0.05, 0) is 111 Å². The molecule has 0 N–H and O–H groups in total. The standard InChI is InChI=1S/C59H38N2O/c1-4-21-40(22-5-1)60(41-23-6-2-7-24-41)50-34-18-33-49-56(50)45-29-13-16-32-48(45)59(49)47-31-15-12-28-44(47)55-43-27-11-10-20-39(43)38-52(58(55)59)61(42-25-8-3-9-26-42)51-35-19-37-54-57(51)46-30-14-17-36-53(46)62-54/h1-38H. The first-order chi connectivity index (χ1) is 30.8. The summed E-state index contributed by atoms with van der Waals surface area (Å²) in [6.07, 6.45) is 0. The Morgan fingerprint density at radius 3 is 1.53 bits per heavy atom. The molecule has 10 aromatic carbocycles. The minimum atomic E-state index is -0.675. The zero-order valence-electron chi connectivity index (χ0n) is 33.7. The molecule has 1 unspecified atom stereocenters. The van der Waals surface area contributed by atoms with Crippen LogP contribution in [0.3, 0.4) is 0 Å². The highest BCUT2D eigenvalue weighted by Crippen LogP contribution is 2.68. The van der Waals surface area contributed by atoms with Crippen LogP contribution in [0.4, 0.5) is 34.1 Å². The van der Waals surface area contributed by atoms with Gasteiger partial charge < -0.3 is 14.2 Å². The molecule has 0 aliphatic heterocycles. The Labute approximate surface area is 360 Å². The molecule has 290 valence electrons. The molecule has 13 rings (SSSR count). The molecule has 2 aliphatic rings. The molecule has 0 fully saturated rings. The largest absolute Gasteiger partial charge is 0.456 e. The average Bonchev–Trinajstić information content (AvgIpc) is 3.98. The van der Waals surface area contributed by atoms with E-state index in [1.165, 1.54) is 55.3 Å². The third-order valence-electron chi connectivity index (χ3n) is 13.2.